The number of allylic oxidation sites excluding steroid dienone is 1. The molecule has 0 spiro atoms. The first-order chi connectivity index (χ1) is 9.56. The van der Waals surface area contributed by atoms with Crippen LogP contribution in [0.4, 0.5) is 5.69 Å². The van der Waals surface area contributed by atoms with Gasteiger partial charge in [0.05, 0.1) is 10.7 Å². The maximum absolute atomic E-state index is 11.9. The van der Waals surface area contributed by atoms with Gasteiger partial charge in [-0.05, 0) is 42.5 Å². The van der Waals surface area contributed by atoms with Gasteiger partial charge in [-0.15, -0.1) is 0 Å². The summed E-state index contributed by atoms with van der Waals surface area (Å²) in [6, 6.07) is 12.3. The van der Waals surface area contributed by atoms with Gasteiger partial charge in [0.1, 0.15) is 0 Å². The zero-order chi connectivity index (χ0) is 14.5. The number of halogens is 3. The first-order valence-electron chi connectivity index (χ1n) is 5.74. The number of rotatable bonds is 4. The van der Waals surface area contributed by atoms with Crippen LogP contribution in [0.1, 0.15) is 10.4 Å². The number of benzene rings is 2. The predicted molar refractivity (Wildman–Crippen MR) is 87.7 cm³/mol. The molecule has 0 fully saturated rings. The zero-order valence-corrected chi connectivity index (χ0v) is 13.3. The van der Waals surface area contributed by atoms with Gasteiger partial charge in [-0.3, -0.25) is 4.79 Å². The van der Waals surface area contributed by atoms with E-state index in [1.165, 1.54) is 6.08 Å². The fraction of sp³-hybridized carbons (Fsp3) is 0. The minimum Gasteiger partial charge on any atom is -0.360 e. The summed E-state index contributed by atoms with van der Waals surface area (Å²) >= 11 is 15.1. The average Bonchev–Trinajstić information content (AvgIpc) is 2.42. The molecule has 0 aromatic heterocycles. The summed E-state index contributed by atoms with van der Waals surface area (Å²) in [4.78, 5) is 11.9. The Balaban J connectivity index is 2.02. The number of ketones is 1. The van der Waals surface area contributed by atoms with Crippen molar-refractivity contribution in [2.45, 2.75) is 0 Å². The van der Waals surface area contributed by atoms with Crippen molar-refractivity contribution in [1.82, 2.24) is 0 Å². The van der Waals surface area contributed by atoms with E-state index in [0.717, 1.165) is 4.47 Å². The van der Waals surface area contributed by atoms with E-state index < -0.39 is 0 Å². The Morgan fingerprint density at radius 3 is 2.45 bits per heavy atom. The second-order valence-corrected chi connectivity index (χ2v) is 5.73. The molecule has 2 aromatic rings. The van der Waals surface area contributed by atoms with Gasteiger partial charge >= 0.3 is 0 Å². The molecule has 2 nitrogen and oxygen atoms in total. The van der Waals surface area contributed by atoms with Crippen molar-refractivity contribution >= 4 is 50.6 Å². The van der Waals surface area contributed by atoms with Gasteiger partial charge in [0.15, 0.2) is 5.78 Å². The molecule has 2 aromatic carbocycles. The molecule has 0 saturated carbocycles. The van der Waals surface area contributed by atoms with Crippen LogP contribution in [0, 0.1) is 0 Å². The molecule has 102 valence electrons. The van der Waals surface area contributed by atoms with Crippen LogP contribution in [-0.2, 0) is 0 Å². The van der Waals surface area contributed by atoms with Gasteiger partial charge < -0.3 is 5.32 Å². The molecule has 20 heavy (non-hydrogen) atoms. The zero-order valence-electron chi connectivity index (χ0n) is 10.2. The highest BCUT2D eigenvalue weighted by Gasteiger charge is 2.02. The van der Waals surface area contributed by atoms with Crippen molar-refractivity contribution in [3.8, 4) is 0 Å². The van der Waals surface area contributed by atoms with Gasteiger partial charge in [0, 0.05) is 27.3 Å². The fourth-order valence-corrected chi connectivity index (χ4v) is 2.25. The predicted octanol–water partition coefficient (Wildman–Crippen LogP) is 5.56. The molecule has 5 heteroatoms. The largest absolute Gasteiger partial charge is 0.360 e. The van der Waals surface area contributed by atoms with Crippen LogP contribution >= 0.6 is 39.1 Å². The Bertz CT molecular complexity index is 653. The monoisotopic (exact) mass is 369 g/mol. The van der Waals surface area contributed by atoms with E-state index >= 15 is 0 Å². The van der Waals surface area contributed by atoms with E-state index in [-0.39, 0.29) is 5.78 Å². The van der Waals surface area contributed by atoms with Crippen LogP contribution in [0.3, 0.4) is 0 Å². The van der Waals surface area contributed by atoms with Crippen LogP contribution in [0.25, 0.3) is 0 Å². The number of hydrogen-bond acceptors (Lipinski definition) is 2. The number of hydrogen-bond donors (Lipinski definition) is 1. The molecule has 0 atom stereocenters. The number of carbonyl (C=O) groups excluding carboxylic acids is 1. The third-order valence-electron chi connectivity index (χ3n) is 2.53. The Labute approximate surface area is 135 Å². The fourth-order valence-electron chi connectivity index (χ4n) is 1.52. The number of carbonyl (C=O) groups is 1. The highest BCUT2D eigenvalue weighted by atomic mass is 79.9. The van der Waals surface area contributed by atoms with E-state index in [1.54, 1.807) is 36.5 Å². The third kappa shape index (κ3) is 4.10. The van der Waals surface area contributed by atoms with E-state index in [1.807, 2.05) is 12.1 Å². The van der Waals surface area contributed by atoms with Crippen molar-refractivity contribution in [2.24, 2.45) is 0 Å². The van der Waals surface area contributed by atoms with Crippen molar-refractivity contribution in [1.29, 1.82) is 0 Å². The molecule has 0 aliphatic carbocycles. The van der Waals surface area contributed by atoms with Crippen LogP contribution in [-0.4, -0.2) is 5.78 Å². The molecular formula is C15H10BrCl2NO. The molecule has 2 rings (SSSR count). The first kappa shape index (κ1) is 15.1. The van der Waals surface area contributed by atoms with Gasteiger partial charge in [0.2, 0.25) is 0 Å². The number of nitrogens with one attached hydrogen (secondary N) is 1. The molecule has 0 bridgehead atoms. The van der Waals surface area contributed by atoms with Gasteiger partial charge in [-0.2, -0.15) is 0 Å². The molecule has 0 saturated heterocycles. The maximum Gasteiger partial charge on any atom is 0.187 e. The summed E-state index contributed by atoms with van der Waals surface area (Å²) in [5, 5.41) is 4.01. The lowest BCUT2D eigenvalue weighted by molar-refractivity contribution is 0.104. The lowest BCUT2D eigenvalue weighted by Gasteiger charge is -2.03. The smallest absolute Gasteiger partial charge is 0.187 e. The molecule has 0 aliphatic rings. The number of anilines is 1. The van der Waals surface area contributed by atoms with Gasteiger partial charge in [0.25, 0.3) is 0 Å². The van der Waals surface area contributed by atoms with E-state index in [2.05, 4.69) is 21.2 Å². The van der Waals surface area contributed by atoms with E-state index in [4.69, 9.17) is 23.2 Å². The van der Waals surface area contributed by atoms with E-state index in [9.17, 15) is 4.79 Å². The summed E-state index contributed by atoms with van der Waals surface area (Å²) in [5.74, 6) is -0.0879. The normalized spacial score (nSPS) is 10.8. The quantitative estimate of drug-likeness (QED) is 0.563. The summed E-state index contributed by atoms with van der Waals surface area (Å²) in [6.07, 6.45) is 3.01. The minimum absolute atomic E-state index is 0.0879. The van der Waals surface area contributed by atoms with Crippen molar-refractivity contribution in [3.05, 3.63) is 74.8 Å². The molecule has 0 aliphatic heterocycles. The van der Waals surface area contributed by atoms with Crippen LogP contribution in [0.5, 0.6) is 0 Å². The highest BCUT2D eigenvalue weighted by molar-refractivity contribution is 9.10. The molecule has 0 unspecified atom stereocenters. The Morgan fingerprint density at radius 2 is 1.80 bits per heavy atom. The minimum atomic E-state index is -0.0879. The Hall–Kier alpha value is -1.29. The van der Waals surface area contributed by atoms with Crippen LogP contribution in [0.15, 0.2) is 59.2 Å². The Morgan fingerprint density at radius 1 is 1.10 bits per heavy atom. The summed E-state index contributed by atoms with van der Waals surface area (Å²) in [7, 11) is 0. The highest BCUT2D eigenvalue weighted by Crippen LogP contribution is 2.25. The van der Waals surface area contributed by atoms with Crippen molar-refractivity contribution in [3.63, 3.8) is 0 Å². The van der Waals surface area contributed by atoms with Crippen LogP contribution in [0.2, 0.25) is 10.0 Å². The second kappa shape index (κ2) is 6.93. The lowest BCUT2D eigenvalue weighted by atomic mass is 10.1. The SMILES string of the molecule is O=C(C=CNc1ccc(Cl)cc1Cl)c1ccc(Br)cc1. The molecule has 0 heterocycles. The molecule has 0 amide bonds. The maximum atomic E-state index is 11.9. The molecule has 0 radical (unpaired) electrons. The summed E-state index contributed by atoms with van der Waals surface area (Å²) in [6.45, 7) is 0. The van der Waals surface area contributed by atoms with Crippen molar-refractivity contribution in [2.75, 3.05) is 5.32 Å². The van der Waals surface area contributed by atoms with Gasteiger partial charge in [-0.1, -0.05) is 39.1 Å². The van der Waals surface area contributed by atoms with E-state index in [0.29, 0.717) is 21.3 Å². The Kier molecular flexibility index (Phi) is 5.24. The average molecular weight is 371 g/mol. The molecule has 1 N–H and O–H groups in total. The topological polar surface area (TPSA) is 29.1 Å². The lowest BCUT2D eigenvalue weighted by Crippen LogP contribution is -1.96. The first-order valence-corrected chi connectivity index (χ1v) is 7.29. The standard InChI is InChI=1S/C15H10BrCl2NO/c16-11-3-1-10(2-4-11)15(20)7-8-19-14-6-5-12(17)9-13(14)18/h1-9,19H. The van der Waals surface area contributed by atoms with Gasteiger partial charge in [-0.25, -0.2) is 0 Å². The summed E-state index contributed by atoms with van der Waals surface area (Å²) < 4.78 is 0.934. The summed E-state index contributed by atoms with van der Waals surface area (Å²) in [5.41, 5.74) is 1.31. The second-order valence-electron chi connectivity index (χ2n) is 3.97. The van der Waals surface area contributed by atoms with Crippen molar-refractivity contribution < 1.29 is 4.79 Å². The van der Waals surface area contributed by atoms with Crippen LogP contribution < -0.4 is 5.32 Å². The third-order valence-corrected chi connectivity index (χ3v) is 3.61. The molecular weight excluding hydrogens is 361 g/mol.